The molecule has 0 amide bonds. The van der Waals surface area contributed by atoms with E-state index in [4.69, 9.17) is 16.7 Å². The molecule has 2 aromatic heterocycles. The van der Waals surface area contributed by atoms with Crippen molar-refractivity contribution in [3.05, 3.63) is 28.7 Å². The molecule has 0 spiro atoms. The second-order valence-electron chi connectivity index (χ2n) is 3.78. The number of nitrogens with zero attached hydrogens (tertiary/aromatic N) is 3. The molecule has 16 heavy (non-hydrogen) atoms. The topological polar surface area (TPSA) is 67.5 Å². The molecule has 0 aromatic carbocycles. The lowest BCUT2D eigenvalue weighted by molar-refractivity contribution is 0.0697. The first-order valence-corrected chi connectivity index (χ1v) is 5.16. The summed E-state index contributed by atoms with van der Waals surface area (Å²) < 4.78 is 1.71. The van der Waals surface area contributed by atoms with Gasteiger partial charge >= 0.3 is 5.97 Å². The highest BCUT2D eigenvalue weighted by atomic mass is 35.5. The summed E-state index contributed by atoms with van der Waals surface area (Å²) in [4.78, 5) is 10.9. The third kappa shape index (κ3) is 1.63. The molecule has 0 bridgehead atoms. The fourth-order valence-electron chi connectivity index (χ4n) is 1.49. The van der Waals surface area contributed by atoms with Crippen molar-refractivity contribution in [2.45, 2.75) is 19.8 Å². The van der Waals surface area contributed by atoms with Crippen molar-refractivity contribution in [2.24, 2.45) is 0 Å². The molecular weight excluding hydrogens is 230 g/mol. The molecule has 6 heteroatoms. The van der Waals surface area contributed by atoms with Crippen molar-refractivity contribution in [1.82, 2.24) is 14.6 Å². The summed E-state index contributed by atoms with van der Waals surface area (Å²) in [5.74, 6) is -0.114. The van der Waals surface area contributed by atoms with Crippen LogP contribution in [0.1, 0.15) is 35.9 Å². The normalized spacial score (nSPS) is 11.2. The zero-order valence-electron chi connectivity index (χ0n) is 8.81. The lowest BCUT2D eigenvalue weighted by Gasteiger charge is -2.04. The number of halogens is 1. The van der Waals surface area contributed by atoms with Crippen LogP contribution < -0.4 is 0 Å². The number of carbonyl (C=O) groups is 1. The molecule has 1 N–H and O–H groups in total. The van der Waals surface area contributed by atoms with E-state index in [1.807, 2.05) is 13.8 Å². The van der Waals surface area contributed by atoms with Crippen molar-refractivity contribution >= 4 is 23.2 Å². The lowest BCUT2D eigenvalue weighted by Crippen LogP contribution is -2.02. The maximum Gasteiger partial charge on any atom is 0.337 e. The van der Waals surface area contributed by atoms with Crippen LogP contribution in [0.5, 0.6) is 0 Å². The molecule has 5 nitrogen and oxygen atoms in total. The molecule has 84 valence electrons. The van der Waals surface area contributed by atoms with Gasteiger partial charge in [-0.05, 0) is 6.07 Å². The number of carboxylic acids is 1. The molecule has 0 saturated heterocycles. The Kier molecular flexibility index (Phi) is 2.55. The second kappa shape index (κ2) is 3.75. The van der Waals surface area contributed by atoms with E-state index in [0.717, 1.165) is 5.82 Å². The van der Waals surface area contributed by atoms with Gasteiger partial charge < -0.3 is 5.11 Å². The van der Waals surface area contributed by atoms with Crippen molar-refractivity contribution in [2.75, 3.05) is 0 Å². The Bertz CT molecular complexity index is 562. The molecule has 0 aliphatic carbocycles. The van der Waals surface area contributed by atoms with Crippen LogP contribution in [0, 0.1) is 0 Å². The highest BCUT2D eigenvalue weighted by Gasteiger charge is 2.15. The summed E-state index contributed by atoms with van der Waals surface area (Å²) in [6.07, 6.45) is 1.54. The Hall–Kier alpha value is -1.62. The lowest BCUT2D eigenvalue weighted by atomic mass is 10.2. The highest BCUT2D eigenvalue weighted by molar-refractivity contribution is 6.33. The van der Waals surface area contributed by atoms with E-state index in [0.29, 0.717) is 5.65 Å². The molecular formula is C10H10ClN3O2. The Morgan fingerprint density at radius 3 is 2.75 bits per heavy atom. The van der Waals surface area contributed by atoms with Crippen molar-refractivity contribution in [3.63, 3.8) is 0 Å². The SMILES string of the molecule is CC(C)c1nnc2cc(C(=O)O)c(Cl)cn12. The number of rotatable bonds is 2. The van der Waals surface area contributed by atoms with E-state index >= 15 is 0 Å². The van der Waals surface area contributed by atoms with Gasteiger partial charge in [0, 0.05) is 12.1 Å². The average Bonchev–Trinajstić information content (AvgIpc) is 2.58. The minimum absolute atomic E-state index is 0.0388. The third-order valence-electron chi connectivity index (χ3n) is 2.27. The number of pyridine rings is 1. The van der Waals surface area contributed by atoms with E-state index in [1.165, 1.54) is 12.3 Å². The minimum Gasteiger partial charge on any atom is -0.478 e. The fourth-order valence-corrected chi connectivity index (χ4v) is 1.72. The molecule has 0 saturated carbocycles. The Morgan fingerprint density at radius 2 is 2.19 bits per heavy atom. The summed E-state index contributed by atoms with van der Waals surface area (Å²) in [6.45, 7) is 3.96. The smallest absolute Gasteiger partial charge is 0.337 e. The first kappa shape index (κ1) is 10.9. The molecule has 0 radical (unpaired) electrons. The van der Waals surface area contributed by atoms with Gasteiger partial charge in [0.2, 0.25) is 0 Å². The Morgan fingerprint density at radius 1 is 1.50 bits per heavy atom. The third-order valence-corrected chi connectivity index (χ3v) is 2.57. The quantitative estimate of drug-likeness (QED) is 0.873. The maximum atomic E-state index is 10.9. The molecule has 2 aromatic rings. The van der Waals surface area contributed by atoms with Gasteiger partial charge in [-0.2, -0.15) is 0 Å². The number of fused-ring (bicyclic) bond motifs is 1. The van der Waals surface area contributed by atoms with E-state index in [-0.39, 0.29) is 16.5 Å². The first-order valence-electron chi connectivity index (χ1n) is 4.78. The summed E-state index contributed by atoms with van der Waals surface area (Å²) >= 11 is 5.87. The number of carboxylic acid groups (broad SMARTS) is 1. The van der Waals surface area contributed by atoms with Crippen LogP contribution in [0.4, 0.5) is 0 Å². The molecule has 0 aliphatic heterocycles. The molecule has 2 rings (SSSR count). The second-order valence-corrected chi connectivity index (χ2v) is 4.19. The van der Waals surface area contributed by atoms with Crippen LogP contribution in [-0.2, 0) is 0 Å². The molecule has 0 aliphatic rings. The fraction of sp³-hybridized carbons (Fsp3) is 0.300. The van der Waals surface area contributed by atoms with Crippen molar-refractivity contribution < 1.29 is 9.90 Å². The van der Waals surface area contributed by atoms with Gasteiger partial charge in [-0.1, -0.05) is 25.4 Å². The van der Waals surface area contributed by atoms with Crippen LogP contribution in [0.15, 0.2) is 12.3 Å². The number of aromatic carboxylic acids is 1. The minimum atomic E-state index is -1.07. The predicted octanol–water partition coefficient (Wildman–Crippen LogP) is 2.20. The van der Waals surface area contributed by atoms with E-state index in [1.54, 1.807) is 4.40 Å². The average molecular weight is 240 g/mol. The summed E-state index contributed by atoms with van der Waals surface area (Å²) in [7, 11) is 0. The Labute approximate surface area is 96.7 Å². The van der Waals surface area contributed by atoms with E-state index < -0.39 is 5.97 Å². The van der Waals surface area contributed by atoms with Gasteiger partial charge in [-0.25, -0.2) is 4.79 Å². The molecule has 0 fully saturated rings. The van der Waals surface area contributed by atoms with Gasteiger partial charge in [-0.3, -0.25) is 4.40 Å². The number of hydrogen-bond donors (Lipinski definition) is 1. The number of hydrogen-bond acceptors (Lipinski definition) is 3. The van der Waals surface area contributed by atoms with Gasteiger partial charge in [0.1, 0.15) is 5.82 Å². The van der Waals surface area contributed by atoms with Gasteiger partial charge in [0.15, 0.2) is 5.65 Å². The Balaban J connectivity index is 2.71. The van der Waals surface area contributed by atoms with Gasteiger partial charge in [0.25, 0.3) is 0 Å². The summed E-state index contributed by atoms with van der Waals surface area (Å²) in [6, 6.07) is 1.42. The van der Waals surface area contributed by atoms with Crippen molar-refractivity contribution in [3.8, 4) is 0 Å². The van der Waals surface area contributed by atoms with Crippen LogP contribution in [-0.4, -0.2) is 25.7 Å². The van der Waals surface area contributed by atoms with Crippen LogP contribution in [0.2, 0.25) is 5.02 Å². The van der Waals surface area contributed by atoms with Crippen LogP contribution >= 0.6 is 11.6 Å². The van der Waals surface area contributed by atoms with Gasteiger partial charge in [0.05, 0.1) is 10.6 Å². The highest BCUT2D eigenvalue weighted by Crippen LogP contribution is 2.21. The standard InChI is InChI=1S/C10H10ClN3O2/c1-5(2)9-13-12-8-3-6(10(15)16)7(11)4-14(8)9/h3-5H,1-2H3,(H,15,16). The van der Waals surface area contributed by atoms with Crippen LogP contribution in [0.25, 0.3) is 5.65 Å². The number of aromatic nitrogens is 3. The zero-order chi connectivity index (χ0) is 11.9. The summed E-state index contributed by atoms with van der Waals surface area (Å²) in [5, 5.41) is 17.0. The first-order chi connectivity index (χ1) is 7.50. The van der Waals surface area contributed by atoms with E-state index in [9.17, 15) is 4.79 Å². The zero-order valence-corrected chi connectivity index (χ0v) is 9.56. The largest absolute Gasteiger partial charge is 0.478 e. The van der Waals surface area contributed by atoms with Crippen molar-refractivity contribution in [1.29, 1.82) is 0 Å². The molecule has 2 heterocycles. The van der Waals surface area contributed by atoms with Gasteiger partial charge in [-0.15, -0.1) is 10.2 Å². The summed E-state index contributed by atoms with van der Waals surface area (Å²) in [5.41, 5.74) is 0.530. The maximum absolute atomic E-state index is 10.9. The predicted molar refractivity (Wildman–Crippen MR) is 59.0 cm³/mol. The molecule has 0 unspecified atom stereocenters. The van der Waals surface area contributed by atoms with Crippen LogP contribution in [0.3, 0.4) is 0 Å². The monoisotopic (exact) mass is 239 g/mol. The van der Waals surface area contributed by atoms with E-state index in [2.05, 4.69) is 10.2 Å². The molecule has 0 atom stereocenters.